The first kappa shape index (κ1) is 20.3. The number of likely N-dealkylation sites (tertiary alicyclic amines) is 1. The first-order valence-corrected chi connectivity index (χ1v) is 11.2. The molecule has 3 aromatic rings. The molecular formula is C26H29NO4. The zero-order valence-electron chi connectivity index (χ0n) is 18.2. The van der Waals surface area contributed by atoms with Crippen molar-refractivity contribution < 1.29 is 19.1 Å². The Kier molecular flexibility index (Phi) is 5.11. The molecule has 162 valence electrons. The summed E-state index contributed by atoms with van der Waals surface area (Å²) in [6, 6.07) is 13.3. The maximum atomic E-state index is 13.3. The number of rotatable bonds is 5. The lowest BCUT2D eigenvalue weighted by molar-refractivity contribution is 0.0616. The Bertz CT molecular complexity index is 1120. The molecule has 2 heterocycles. The van der Waals surface area contributed by atoms with Gasteiger partial charge in [-0.2, -0.15) is 0 Å². The molecule has 5 rings (SSSR count). The summed E-state index contributed by atoms with van der Waals surface area (Å²) in [5.41, 5.74) is 2.51. The van der Waals surface area contributed by atoms with Crippen molar-refractivity contribution in [3.8, 4) is 5.75 Å². The van der Waals surface area contributed by atoms with Crippen molar-refractivity contribution in [3.63, 3.8) is 0 Å². The van der Waals surface area contributed by atoms with E-state index in [1.54, 1.807) is 0 Å². The van der Waals surface area contributed by atoms with Crippen LogP contribution in [0.25, 0.3) is 11.0 Å². The Labute approximate surface area is 182 Å². The molecule has 1 N–H and O–H groups in total. The molecule has 0 amide bonds. The van der Waals surface area contributed by atoms with Gasteiger partial charge in [0.15, 0.2) is 5.78 Å². The molecule has 1 fully saturated rings. The fourth-order valence-corrected chi connectivity index (χ4v) is 4.98. The number of benzene rings is 2. The SMILES string of the molecule is CC1(C)c2cc(OCC(O)CN3CCCCC3)ccc2C(=O)c2c1oc1ccccc21. The summed E-state index contributed by atoms with van der Waals surface area (Å²) < 4.78 is 12.1. The van der Waals surface area contributed by atoms with Crippen LogP contribution in [0.15, 0.2) is 46.9 Å². The molecule has 31 heavy (non-hydrogen) atoms. The minimum atomic E-state index is -0.536. The second-order valence-electron chi connectivity index (χ2n) is 9.29. The van der Waals surface area contributed by atoms with E-state index in [1.165, 1.54) is 19.3 Å². The van der Waals surface area contributed by atoms with Crippen LogP contribution >= 0.6 is 0 Å². The average Bonchev–Trinajstić information content (AvgIpc) is 3.18. The van der Waals surface area contributed by atoms with Crippen LogP contribution in [0.3, 0.4) is 0 Å². The normalized spacial score (nSPS) is 19.1. The van der Waals surface area contributed by atoms with Crippen molar-refractivity contribution >= 4 is 16.8 Å². The van der Waals surface area contributed by atoms with Crippen molar-refractivity contribution in [2.24, 2.45) is 0 Å². The third-order valence-electron chi connectivity index (χ3n) is 6.66. The number of fused-ring (bicyclic) bond motifs is 4. The Morgan fingerprint density at radius 1 is 1.13 bits per heavy atom. The number of carbonyl (C=O) groups is 1. The smallest absolute Gasteiger partial charge is 0.197 e. The maximum Gasteiger partial charge on any atom is 0.197 e. The monoisotopic (exact) mass is 419 g/mol. The van der Waals surface area contributed by atoms with Crippen molar-refractivity contribution in [1.29, 1.82) is 0 Å². The second kappa shape index (κ2) is 7.81. The van der Waals surface area contributed by atoms with E-state index in [9.17, 15) is 9.90 Å². The zero-order valence-corrected chi connectivity index (χ0v) is 18.2. The molecule has 5 heteroatoms. The van der Waals surface area contributed by atoms with E-state index >= 15 is 0 Å². The summed E-state index contributed by atoms with van der Waals surface area (Å²) in [7, 11) is 0. The van der Waals surface area contributed by atoms with Crippen LogP contribution in [0.5, 0.6) is 5.75 Å². The van der Waals surface area contributed by atoms with Gasteiger partial charge in [0.2, 0.25) is 0 Å². The lowest BCUT2D eigenvalue weighted by Crippen LogP contribution is -2.38. The van der Waals surface area contributed by atoms with Crippen LogP contribution in [-0.2, 0) is 5.41 Å². The Hall–Kier alpha value is -2.63. The number of hydrogen-bond acceptors (Lipinski definition) is 5. The van der Waals surface area contributed by atoms with Crippen LogP contribution in [0.2, 0.25) is 0 Å². The number of nitrogens with zero attached hydrogens (tertiary/aromatic N) is 1. The number of ketones is 1. The van der Waals surface area contributed by atoms with Crippen molar-refractivity contribution in [3.05, 3.63) is 64.9 Å². The van der Waals surface area contributed by atoms with Gasteiger partial charge in [-0.1, -0.05) is 24.6 Å². The number of ether oxygens (including phenoxy) is 1. The third kappa shape index (κ3) is 3.56. The van der Waals surface area contributed by atoms with E-state index in [0.717, 1.165) is 29.6 Å². The standard InChI is InChI=1S/C26H29NO4/c1-26(2)21-14-18(30-16-17(28)15-27-12-6-3-7-13-27)10-11-19(21)24(29)23-20-8-4-5-9-22(20)31-25(23)26/h4-5,8-11,14,17,28H,3,6-7,12-13,15-16H2,1-2H3. The summed E-state index contributed by atoms with van der Waals surface area (Å²) in [6.45, 7) is 7.12. The van der Waals surface area contributed by atoms with E-state index in [4.69, 9.17) is 9.15 Å². The first-order chi connectivity index (χ1) is 14.9. The lowest BCUT2D eigenvalue weighted by Gasteiger charge is -2.31. The number of piperidine rings is 1. The second-order valence-corrected chi connectivity index (χ2v) is 9.29. The average molecular weight is 420 g/mol. The lowest BCUT2D eigenvalue weighted by atomic mass is 9.72. The van der Waals surface area contributed by atoms with Crippen molar-refractivity contribution in [1.82, 2.24) is 4.90 Å². The highest BCUT2D eigenvalue weighted by Gasteiger charge is 2.41. The predicted molar refractivity (Wildman–Crippen MR) is 120 cm³/mol. The largest absolute Gasteiger partial charge is 0.491 e. The van der Waals surface area contributed by atoms with Crippen molar-refractivity contribution in [2.45, 2.75) is 44.6 Å². The molecular weight excluding hydrogens is 390 g/mol. The molecule has 2 aromatic carbocycles. The molecule has 1 atom stereocenters. The highest BCUT2D eigenvalue weighted by atomic mass is 16.5. The number of aliphatic hydroxyl groups excluding tert-OH is 1. The quantitative estimate of drug-likeness (QED) is 0.658. The molecule has 1 aromatic heterocycles. The molecule has 0 spiro atoms. The van der Waals surface area contributed by atoms with E-state index in [-0.39, 0.29) is 12.4 Å². The van der Waals surface area contributed by atoms with Gasteiger partial charge < -0.3 is 19.2 Å². The molecule has 1 aliphatic heterocycles. The molecule has 0 saturated carbocycles. The summed E-state index contributed by atoms with van der Waals surface area (Å²) >= 11 is 0. The first-order valence-electron chi connectivity index (χ1n) is 11.2. The number of carbonyl (C=O) groups excluding carboxylic acids is 1. The van der Waals surface area contributed by atoms with Gasteiger partial charge in [0.25, 0.3) is 0 Å². The van der Waals surface area contributed by atoms with E-state index in [0.29, 0.717) is 29.2 Å². The number of β-amino-alcohol motifs (C(OH)–C–C–N with tert-alkyl or cyclic N) is 1. The summed E-state index contributed by atoms with van der Waals surface area (Å²) in [4.78, 5) is 15.6. The minimum Gasteiger partial charge on any atom is -0.491 e. The number of para-hydroxylation sites is 1. The van der Waals surface area contributed by atoms with Gasteiger partial charge >= 0.3 is 0 Å². The van der Waals surface area contributed by atoms with Gasteiger partial charge in [-0.25, -0.2) is 0 Å². The highest BCUT2D eigenvalue weighted by molar-refractivity contribution is 6.19. The Balaban J connectivity index is 1.38. The van der Waals surface area contributed by atoms with Gasteiger partial charge in [0, 0.05) is 22.9 Å². The maximum absolute atomic E-state index is 13.3. The van der Waals surface area contributed by atoms with Crippen LogP contribution in [-0.4, -0.2) is 48.1 Å². The van der Waals surface area contributed by atoms with Crippen LogP contribution in [0.4, 0.5) is 0 Å². The van der Waals surface area contributed by atoms with Crippen LogP contribution in [0, 0.1) is 0 Å². The van der Waals surface area contributed by atoms with Gasteiger partial charge in [-0.05, 0) is 69.6 Å². The van der Waals surface area contributed by atoms with Crippen LogP contribution in [0.1, 0.15) is 60.4 Å². The van der Waals surface area contributed by atoms with Crippen molar-refractivity contribution in [2.75, 3.05) is 26.2 Å². The highest BCUT2D eigenvalue weighted by Crippen LogP contribution is 2.46. The number of furan rings is 1. The third-order valence-corrected chi connectivity index (χ3v) is 6.66. The van der Waals surface area contributed by atoms with E-state index in [1.807, 2.05) is 42.5 Å². The number of hydrogen-bond donors (Lipinski definition) is 1. The van der Waals surface area contributed by atoms with E-state index < -0.39 is 11.5 Å². The summed E-state index contributed by atoms with van der Waals surface area (Å²) in [5, 5.41) is 11.3. The van der Waals surface area contributed by atoms with Gasteiger partial charge in [0.1, 0.15) is 29.8 Å². The molecule has 1 unspecified atom stereocenters. The van der Waals surface area contributed by atoms with Crippen LogP contribution < -0.4 is 4.74 Å². The summed E-state index contributed by atoms with van der Waals surface area (Å²) in [5.74, 6) is 1.36. The van der Waals surface area contributed by atoms with E-state index in [2.05, 4.69) is 18.7 Å². The molecule has 5 nitrogen and oxygen atoms in total. The van der Waals surface area contributed by atoms with Gasteiger partial charge in [0.05, 0.1) is 5.56 Å². The fraction of sp³-hybridized carbons (Fsp3) is 0.423. The molecule has 0 radical (unpaired) electrons. The minimum absolute atomic E-state index is 0.00837. The molecule has 0 bridgehead atoms. The van der Waals surface area contributed by atoms with Gasteiger partial charge in [-0.3, -0.25) is 4.79 Å². The number of aliphatic hydroxyl groups is 1. The Morgan fingerprint density at radius 2 is 1.90 bits per heavy atom. The predicted octanol–water partition coefficient (Wildman–Crippen LogP) is 4.53. The molecule has 1 saturated heterocycles. The topological polar surface area (TPSA) is 62.9 Å². The Morgan fingerprint density at radius 3 is 2.71 bits per heavy atom. The fourth-order valence-electron chi connectivity index (χ4n) is 4.98. The van der Waals surface area contributed by atoms with Gasteiger partial charge in [-0.15, -0.1) is 0 Å². The summed E-state index contributed by atoms with van der Waals surface area (Å²) in [6.07, 6.45) is 3.14. The molecule has 1 aliphatic carbocycles. The molecule has 2 aliphatic rings. The zero-order chi connectivity index (χ0) is 21.6.